The Balaban J connectivity index is 1.57. The number of anilines is 1. The number of hydrogen-bond donors (Lipinski definition) is 1. The monoisotopic (exact) mass is 475 g/mol. The molecule has 0 aliphatic heterocycles. The average molecular weight is 476 g/mol. The predicted octanol–water partition coefficient (Wildman–Crippen LogP) is 3.65. The molecule has 0 aliphatic carbocycles. The van der Waals surface area contributed by atoms with Gasteiger partial charge >= 0.3 is 0 Å². The molecule has 0 aromatic carbocycles. The Kier molecular flexibility index (Phi) is 7.21. The number of aliphatic hydroxyl groups excluding tert-OH is 1. The summed E-state index contributed by atoms with van der Waals surface area (Å²) < 4.78 is 13.4. The fraction of sp³-hybridized carbons (Fsp3) is 0.320. The molecule has 10 nitrogen and oxygen atoms in total. The first-order valence-electron chi connectivity index (χ1n) is 11.2. The number of nitrogens with zero attached hydrogens (tertiary/aromatic N) is 7. The molecule has 0 fully saturated rings. The van der Waals surface area contributed by atoms with Crippen LogP contribution in [0.4, 0.5) is 5.95 Å². The third-order valence-corrected chi connectivity index (χ3v) is 5.73. The molecule has 0 saturated heterocycles. The third-order valence-electron chi connectivity index (χ3n) is 5.73. The Hall–Kier alpha value is -4.05. The van der Waals surface area contributed by atoms with Gasteiger partial charge in [-0.2, -0.15) is 10.1 Å². The van der Waals surface area contributed by atoms with Gasteiger partial charge in [-0.1, -0.05) is 0 Å². The van der Waals surface area contributed by atoms with Crippen molar-refractivity contribution in [3.8, 4) is 39.9 Å². The lowest BCUT2D eigenvalue weighted by Crippen LogP contribution is -2.31. The first kappa shape index (κ1) is 24.1. The van der Waals surface area contributed by atoms with E-state index in [-0.39, 0.29) is 12.6 Å². The zero-order valence-electron chi connectivity index (χ0n) is 20.5. The van der Waals surface area contributed by atoms with Crippen LogP contribution in [0.25, 0.3) is 22.5 Å². The zero-order valence-corrected chi connectivity index (χ0v) is 20.5. The lowest BCUT2D eigenvalue weighted by molar-refractivity contribution is 0.277. The molecule has 0 spiro atoms. The number of rotatable bonds is 9. The van der Waals surface area contributed by atoms with Gasteiger partial charge in [0.2, 0.25) is 11.8 Å². The van der Waals surface area contributed by atoms with Gasteiger partial charge in [0, 0.05) is 57.0 Å². The van der Waals surface area contributed by atoms with Crippen molar-refractivity contribution in [2.24, 2.45) is 7.05 Å². The van der Waals surface area contributed by atoms with E-state index in [4.69, 9.17) is 14.5 Å². The van der Waals surface area contributed by atoms with Gasteiger partial charge in [-0.15, -0.1) is 0 Å². The van der Waals surface area contributed by atoms with Gasteiger partial charge < -0.3 is 19.5 Å². The van der Waals surface area contributed by atoms with Crippen molar-refractivity contribution >= 4 is 5.95 Å². The van der Waals surface area contributed by atoms with E-state index in [0.29, 0.717) is 46.7 Å². The van der Waals surface area contributed by atoms with E-state index in [1.807, 2.05) is 57.2 Å². The first-order chi connectivity index (χ1) is 16.9. The number of pyridine rings is 2. The van der Waals surface area contributed by atoms with E-state index in [2.05, 4.69) is 20.1 Å². The lowest BCUT2D eigenvalue weighted by atomic mass is 10.2. The van der Waals surface area contributed by atoms with Crippen LogP contribution in [-0.4, -0.2) is 61.6 Å². The van der Waals surface area contributed by atoms with Crippen LogP contribution in [-0.2, 0) is 7.05 Å². The molecule has 1 N–H and O–H groups in total. The van der Waals surface area contributed by atoms with Gasteiger partial charge in [-0.05, 0) is 38.5 Å². The molecule has 4 heterocycles. The second-order valence-electron chi connectivity index (χ2n) is 8.23. The van der Waals surface area contributed by atoms with E-state index < -0.39 is 0 Å². The molecule has 1 unspecified atom stereocenters. The summed E-state index contributed by atoms with van der Waals surface area (Å²) in [7, 11) is 5.33. The van der Waals surface area contributed by atoms with E-state index in [1.54, 1.807) is 36.4 Å². The highest BCUT2D eigenvalue weighted by Gasteiger charge is 2.18. The van der Waals surface area contributed by atoms with Gasteiger partial charge in [0.15, 0.2) is 0 Å². The van der Waals surface area contributed by atoms with Gasteiger partial charge in [-0.3, -0.25) is 9.67 Å². The molecular weight excluding hydrogens is 446 g/mol. The van der Waals surface area contributed by atoms with Crippen molar-refractivity contribution in [2.75, 3.05) is 25.7 Å². The highest BCUT2D eigenvalue weighted by molar-refractivity contribution is 5.66. The van der Waals surface area contributed by atoms with E-state index in [1.165, 1.54) is 0 Å². The fourth-order valence-corrected chi connectivity index (χ4v) is 3.56. The topological polar surface area (TPSA) is 111 Å². The van der Waals surface area contributed by atoms with Crippen LogP contribution in [0.5, 0.6) is 17.4 Å². The number of ether oxygens (including phenoxy) is 2. The summed E-state index contributed by atoms with van der Waals surface area (Å²) >= 11 is 0. The average Bonchev–Trinajstić information content (AvgIpc) is 3.31. The molecule has 4 aromatic rings. The van der Waals surface area contributed by atoms with Crippen LogP contribution in [0.2, 0.25) is 0 Å². The predicted molar refractivity (Wildman–Crippen MR) is 133 cm³/mol. The maximum atomic E-state index is 9.22. The quantitative estimate of drug-likeness (QED) is 0.388. The normalized spacial score (nSPS) is 11.8. The summed E-state index contributed by atoms with van der Waals surface area (Å²) in [5.41, 5.74) is 3.75. The highest BCUT2D eigenvalue weighted by Crippen LogP contribution is 2.32. The number of aliphatic hydroxyl groups is 1. The maximum absolute atomic E-state index is 9.22. The summed E-state index contributed by atoms with van der Waals surface area (Å²) in [4.78, 5) is 20.1. The number of methoxy groups -OCH3 is 1. The van der Waals surface area contributed by atoms with Crippen LogP contribution in [0, 0.1) is 6.92 Å². The molecule has 0 saturated carbocycles. The largest absolute Gasteiger partial charge is 0.480 e. The standard InChI is InChI=1S/C25H29N7O3/c1-16(9-11-33)32(4)25-27-14-20(24(30-25)34-5)21-6-7-23(17(2)29-21)35-19-8-10-26-22(12-19)18-13-28-31(3)15-18/h6-8,10,12-16,33H,9,11H2,1-5H3. The van der Waals surface area contributed by atoms with E-state index >= 15 is 0 Å². The van der Waals surface area contributed by atoms with Crippen molar-refractivity contribution < 1.29 is 14.6 Å². The van der Waals surface area contributed by atoms with Crippen molar-refractivity contribution in [1.29, 1.82) is 0 Å². The summed E-state index contributed by atoms with van der Waals surface area (Å²) in [5, 5.41) is 13.4. The minimum atomic E-state index is 0.0826. The fourth-order valence-electron chi connectivity index (χ4n) is 3.56. The minimum absolute atomic E-state index is 0.0826. The molecule has 35 heavy (non-hydrogen) atoms. The lowest BCUT2D eigenvalue weighted by Gasteiger charge is -2.24. The van der Waals surface area contributed by atoms with E-state index in [9.17, 15) is 5.11 Å². The molecule has 0 aliphatic rings. The molecule has 4 rings (SSSR count). The van der Waals surface area contributed by atoms with Crippen molar-refractivity contribution in [1.82, 2.24) is 29.7 Å². The molecule has 4 aromatic heterocycles. The number of aryl methyl sites for hydroxylation is 2. The third kappa shape index (κ3) is 5.38. The Morgan fingerprint density at radius 1 is 1.11 bits per heavy atom. The van der Waals surface area contributed by atoms with Gasteiger partial charge in [0.1, 0.15) is 11.5 Å². The van der Waals surface area contributed by atoms with Crippen molar-refractivity contribution in [2.45, 2.75) is 26.3 Å². The first-order valence-corrected chi connectivity index (χ1v) is 11.2. The highest BCUT2D eigenvalue weighted by atomic mass is 16.5. The second kappa shape index (κ2) is 10.5. The van der Waals surface area contributed by atoms with Gasteiger partial charge in [-0.25, -0.2) is 9.97 Å². The molecule has 182 valence electrons. The van der Waals surface area contributed by atoms with Gasteiger partial charge in [0.25, 0.3) is 0 Å². The smallest absolute Gasteiger partial charge is 0.228 e. The van der Waals surface area contributed by atoms with Crippen molar-refractivity contribution in [3.63, 3.8) is 0 Å². The molecule has 0 radical (unpaired) electrons. The maximum Gasteiger partial charge on any atom is 0.228 e. The van der Waals surface area contributed by atoms with Crippen LogP contribution >= 0.6 is 0 Å². The van der Waals surface area contributed by atoms with Gasteiger partial charge in [0.05, 0.1) is 36.0 Å². The molecular formula is C25H29N7O3. The Labute approximate surface area is 204 Å². The molecule has 0 bridgehead atoms. The summed E-state index contributed by atoms with van der Waals surface area (Å²) in [6.45, 7) is 3.99. The number of aromatic nitrogens is 6. The Morgan fingerprint density at radius 3 is 2.63 bits per heavy atom. The zero-order chi connectivity index (χ0) is 24.9. The van der Waals surface area contributed by atoms with Crippen LogP contribution in [0.15, 0.2) is 49.1 Å². The Morgan fingerprint density at radius 2 is 1.94 bits per heavy atom. The minimum Gasteiger partial charge on any atom is -0.480 e. The summed E-state index contributed by atoms with van der Waals surface area (Å²) in [5.74, 6) is 2.23. The van der Waals surface area contributed by atoms with Crippen molar-refractivity contribution in [3.05, 3.63) is 54.7 Å². The number of hydrogen-bond acceptors (Lipinski definition) is 9. The summed E-state index contributed by atoms with van der Waals surface area (Å²) in [6, 6.07) is 7.47. The molecule has 1 atom stereocenters. The molecule has 0 amide bonds. The van der Waals surface area contributed by atoms with E-state index in [0.717, 1.165) is 11.3 Å². The summed E-state index contributed by atoms with van der Waals surface area (Å²) in [6.07, 6.45) is 7.69. The Bertz CT molecular complexity index is 1310. The van der Waals surface area contributed by atoms with Crippen LogP contribution < -0.4 is 14.4 Å². The second-order valence-corrected chi connectivity index (χ2v) is 8.23. The molecule has 10 heteroatoms. The van der Waals surface area contributed by atoms with Crippen LogP contribution in [0.1, 0.15) is 19.0 Å². The van der Waals surface area contributed by atoms with Crippen LogP contribution in [0.3, 0.4) is 0 Å². The SMILES string of the molecule is COc1nc(N(C)C(C)CCO)ncc1-c1ccc(Oc2ccnc(-c3cnn(C)c3)c2)c(C)n1.